The summed E-state index contributed by atoms with van der Waals surface area (Å²) < 4.78 is 0. The molecule has 0 bridgehead atoms. The molecule has 0 spiro atoms. The number of fused-ring (bicyclic) bond motifs is 1. The lowest BCUT2D eigenvalue weighted by molar-refractivity contribution is -0.113. The van der Waals surface area contributed by atoms with Crippen LogP contribution < -0.4 is 10.9 Å². The number of nitrogens with one attached hydrogen (secondary N) is 2. The van der Waals surface area contributed by atoms with E-state index in [9.17, 15) is 9.59 Å². The molecule has 1 amide bonds. The number of anilines is 1. The molecule has 3 aromatic rings. The Bertz CT molecular complexity index is 1040. The minimum Gasteiger partial charge on any atom is -0.325 e. The SMILES string of the molecule is Cc1ccc(NC(=O)CSCc2nc3sc(C)c(C)c3c(=O)[nH]2)cc1C. The number of carbonyl (C=O) groups excluding carboxylic acids is 1. The fourth-order valence-electron chi connectivity index (χ4n) is 2.62. The van der Waals surface area contributed by atoms with E-state index in [0.29, 0.717) is 22.7 Å². The molecule has 0 unspecified atom stereocenters. The van der Waals surface area contributed by atoms with Crippen molar-refractivity contribution in [1.29, 1.82) is 0 Å². The first-order chi connectivity index (χ1) is 12.3. The molecule has 0 atom stereocenters. The molecule has 136 valence electrons. The molecule has 2 heterocycles. The Morgan fingerprint density at radius 3 is 2.73 bits per heavy atom. The van der Waals surface area contributed by atoms with Gasteiger partial charge in [0.15, 0.2) is 0 Å². The van der Waals surface area contributed by atoms with Crippen molar-refractivity contribution < 1.29 is 4.79 Å². The number of aromatic nitrogens is 2. The van der Waals surface area contributed by atoms with Crippen molar-refractivity contribution in [3.05, 3.63) is 55.9 Å². The molecule has 0 fully saturated rings. The second-order valence-electron chi connectivity index (χ2n) is 6.32. The van der Waals surface area contributed by atoms with Gasteiger partial charge in [0.25, 0.3) is 5.56 Å². The van der Waals surface area contributed by atoms with E-state index >= 15 is 0 Å². The van der Waals surface area contributed by atoms with Gasteiger partial charge in [-0.15, -0.1) is 23.1 Å². The first-order valence-electron chi connectivity index (χ1n) is 8.29. The zero-order valence-electron chi connectivity index (χ0n) is 15.2. The number of thioether (sulfide) groups is 1. The zero-order valence-corrected chi connectivity index (χ0v) is 16.9. The van der Waals surface area contributed by atoms with E-state index in [1.54, 1.807) is 0 Å². The Morgan fingerprint density at radius 1 is 1.23 bits per heavy atom. The summed E-state index contributed by atoms with van der Waals surface area (Å²) >= 11 is 2.96. The maximum atomic E-state index is 12.3. The number of benzene rings is 1. The van der Waals surface area contributed by atoms with E-state index in [1.165, 1.54) is 28.7 Å². The van der Waals surface area contributed by atoms with Crippen molar-refractivity contribution >= 4 is 44.9 Å². The Kier molecular flexibility index (Phi) is 5.48. The highest BCUT2D eigenvalue weighted by atomic mass is 32.2. The van der Waals surface area contributed by atoms with Crippen LogP contribution in [-0.4, -0.2) is 21.6 Å². The number of H-pyrrole nitrogens is 1. The number of hydrogen-bond donors (Lipinski definition) is 2. The number of hydrogen-bond acceptors (Lipinski definition) is 5. The van der Waals surface area contributed by atoms with Gasteiger partial charge in [0.05, 0.1) is 16.9 Å². The monoisotopic (exact) mass is 387 g/mol. The number of rotatable bonds is 5. The Labute approximate surface area is 160 Å². The van der Waals surface area contributed by atoms with Crippen molar-refractivity contribution in [1.82, 2.24) is 9.97 Å². The van der Waals surface area contributed by atoms with Gasteiger partial charge in [-0.1, -0.05) is 6.07 Å². The normalized spacial score (nSPS) is 11.1. The minimum atomic E-state index is -0.105. The number of amides is 1. The zero-order chi connectivity index (χ0) is 18.8. The topological polar surface area (TPSA) is 74.8 Å². The molecule has 0 saturated heterocycles. The van der Waals surface area contributed by atoms with Crippen LogP contribution in [0.25, 0.3) is 10.2 Å². The van der Waals surface area contributed by atoms with Crippen LogP contribution in [0.3, 0.4) is 0 Å². The van der Waals surface area contributed by atoms with Crippen molar-refractivity contribution in [3.63, 3.8) is 0 Å². The summed E-state index contributed by atoms with van der Waals surface area (Å²) in [4.78, 5) is 33.6. The van der Waals surface area contributed by atoms with Gasteiger partial charge in [0, 0.05) is 10.6 Å². The molecule has 0 aliphatic carbocycles. The molecular formula is C19H21N3O2S2. The van der Waals surface area contributed by atoms with Gasteiger partial charge in [-0.3, -0.25) is 9.59 Å². The van der Waals surface area contributed by atoms with Gasteiger partial charge in [-0.25, -0.2) is 4.98 Å². The molecule has 5 nitrogen and oxygen atoms in total. The van der Waals surface area contributed by atoms with Gasteiger partial charge in [0.2, 0.25) is 5.91 Å². The Morgan fingerprint density at radius 2 is 2.00 bits per heavy atom. The highest BCUT2D eigenvalue weighted by molar-refractivity contribution is 7.99. The van der Waals surface area contributed by atoms with Gasteiger partial charge in [0.1, 0.15) is 10.7 Å². The molecule has 0 saturated carbocycles. The Balaban J connectivity index is 1.60. The number of aromatic amines is 1. The second-order valence-corrected chi connectivity index (χ2v) is 8.50. The van der Waals surface area contributed by atoms with E-state index in [2.05, 4.69) is 15.3 Å². The standard InChI is InChI=1S/C19H21N3O2S2/c1-10-5-6-14(7-11(10)2)20-16(23)9-25-8-15-21-18(24)17-12(3)13(4)26-19(17)22-15/h5-7H,8-9H2,1-4H3,(H,20,23)(H,21,22,24). The summed E-state index contributed by atoms with van der Waals surface area (Å²) in [5.41, 5.74) is 4.03. The fraction of sp³-hybridized carbons (Fsp3) is 0.316. The molecule has 0 aliphatic rings. The molecule has 0 aliphatic heterocycles. The highest BCUT2D eigenvalue weighted by Crippen LogP contribution is 2.26. The Hall–Kier alpha value is -2.12. The number of carbonyl (C=O) groups is 1. The first-order valence-corrected chi connectivity index (χ1v) is 10.3. The van der Waals surface area contributed by atoms with E-state index in [4.69, 9.17) is 0 Å². The third kappa shape index (κ3) is 3.99. The van der Waals surface area contributed by atoms with Crippen LogP contribution in [0.15, 0.2) is 23.0 Å². The lowest BCUT2D eigenvalue weighted by Crippen LogP contribution is -2.15. The van der Waals surface area contributed by atoms with E-state index < -0.39 is 0 Å². The van der Waals surface area contributed by atoms with Crippen molar-refractivity contribution in [3.8, 4) is 0 Å². The average molecular weight is 388 g/mol. The third-order valence-corrected chi connectivity index (χ3v) is 6.40. The van der Waals surface area contributed by atoms with Crippen LogP contribution in [0.4, 0.5) is 5.69 Å². The van der Waals surface area contributed by atoms with Crippen LogP contribution in [-0.2, 0) is 10.5 Å². The van der Waals surface area contributed by atoms with Crippen molar-refractivity contribution in [2.45, 2.75) is 33.4 Å². The lowest BCUT2D eigenvalue weighted by Gasteiger charge is -2.07. The molecule has 7 heteroatoms. The molecule has 1 aromatic carbocycles. The first kappa shape index (κ1) is 18.7. The van der Waals surface area contributed by atoms with Gasteiger partial charge in [-0.2, -0.15) is 0 Å². The molecule has 2 aromatic heterocycles. The second kappa shape index (κ2) is 7.63. The van der Waals surface area contributed by atoms with Crippen LogP contribution in [0.1, 0.15) is 27.4 Å². The largest absolute Gasteiger partial charge is 0.325 e. The predicted octanol–water partition coefficient (Wildman–Crippen LogP) is 4.09. The molecule has 2 N–H and O–H groups in total. The van der Waals surface area contributed by atoms with E-state index in [-0.39, 0.29) is 11.5 Å². The van der Waals surface area contributed by atoms with Crippen molar-refractivity contribution in [2.24, 2.45) is 0 Å². The number of nitrogens with zero attached hydrogens (tertiary/aromatic N) is 1. The summed E-state index contributed by atoms with van der Waals surface area (Å²) in [7, 11) is 0. The van der Waals surface area contributed by atoms with E-state index in [0.717, 1.165) is 26.5 Å². The van der Waals surface area contributed by atoms with Crippen molar-refractivity contribution in [2.75, 3.05) is 11.1 Å². The van der Waals surface area contributed by atoms with Crippen LogP contribution >= 0.6 is 23.1 Å². The average Bonchev–Trinajstić information content (AvgIpc) is 2.86. The van der Waals surface area contributed by atoms with Crippen LogP contribution in [0.5, 0.6) is 0 Å². The molecule has 3 rings (SSSR count). The summed E-state index contributed by atoms with van der Waals surface area (Å²) in [5.74, 6) is 1.33. The smallest absolute Gasteiger partial charge is 0.259 e. The van der Waals surface area contributed by atoms with Gasteiger partial charge in [-0.05, 0) is 56.5 Å². The fourth-order valence-corrected chi connectivity index (χ4v) is 4.36. The van der Waals surface area contributed by atoms with Crippen LogP contribution in [0, 0.1) is 27.7 Å². The quantitative estimate of drug-likeness (QED) is 0.691. The minimum absolute atomic E-state index is 0.0653. The summed E-state index contributed by atoms with van der Waals surface area (Å²) in [5, 5.41) is 3.57. The summed E-state index contributed by atoms with van der Waals surface area (Å²) in [6.07, 6.45) is 0. The summed E-state index contributed by atoms with van der Waals surface area (Å²) in [6.45, 7) is 7.99. The van der Waals surface area contributed by atoms with Crippen LogP contribution in [0.2, 0.25) is 0 Å². The number of thiophene rings is 1. The predicted molar refractivity (Wildman–Crippen MR) is 110 cm³/mol. The lowest BCUT2D eigenvalue weighted by atomic mass is 10.1. The number of aryl methyl sites for hydroxylation is 4. The highest BCUT2D eigenvalue weighted by Gasteiger charge is 2.12. The third-order valence-electron chi connectivity index (χ3n) is 4.35. The van der Waals surface area contributed by atoms with Gasteiger partial charge < -0.3 is 10.3 Å². The van der Waals surface area contributed by atoms with Gasteiger partial charge >= 0.3 is 0 Å². The maximum Gasteiger partial charge on any atom is 0.259 e. The molecular weight excluding hydrogens is 366 g/mol. The maximum absolute atomic E-state index is 12.3. The molecule has 0 radical (unpaired) electrons. The molecule has 26 heavy (non-hydrogen) atoms. The van der Waals surface area contributed by atoms with E-state index in [1.807, 2.05) is 45.9 Å². The summed E-state index contributed by atoms with van der Waals surface area (Å²) in [6, 6.07) is 5.86.